The Balaban J connectivity index is 2.81. The van der Waals surface area contributed by atoms with Crippen LogP contribution in [0.4, 0.5) is 14.6 Å². The Hall–Kier alpha value is -1.63. The molecule has 1 aromatic carbocycles. The topological polar surface area (TPSA) is 53.1 Å². The minimum absolute atomic E-state index is 0.000877. The zero-order valence-electron chi connectivity index (χ0n) is 9.67. The fraction of sp³-hybridized carbons (Fsp3) is 0.182. The van der Waals surface area contributed by atoms with Crippen LogP contribution in [0.25, 0.3) is 11.1 Å². The predicted octanol–water partition coefficient (Wildman–Crippen LogP) is 2.72. The van der Waals surface area contributed by atoms with Gasteiger partial charge in [0.25, 0.3) is 0 Å². The number of nitrogen functional groups attached to an aromatic ring is 1. The van der Waals surface area contributed by atoms with Gasteiger partial charge in [0.2, 0.25) is 0 Å². The molecule has 0 unspecified atom stereocenters. The summed E-state index contributed by atoms with van der Waals surface area (Å²) in [7, 11) is 2.87. The van der Waals surface area contributed by atoms with Crippen LogP contribution in [0.3, 0.4) is 0 Å². The van der Waals surface area contributed by atoms with E-state index in [1.165, 1.54) is 18.0 Å². The molecule has 0 radical (unpaired) electrons. The van der Waals surface area contributed by atoms with E-state index in [4.69, 9.17) is 10.5 Å². The van der Waals surface area contributed by atoms with Gasteiger partial charge in [0.1, 0.15) is 11.6 Å². The highest BCUT2D eigenvalue weighted by molar-refractivity contribution is 9.10. The SMILES string of the molecule is COc1c(F)cc(Br)c(F)c1-c1cnn(C)c1N. The third-order valence-electron chi connectivity index (χ3n) is 2.58. The number of hydrogen-bond donors (Lipinski definition) is 1. The van der Waals surface area contributed by atoms with Crippen LogP contribution in [0, 0.1) is 11.6 Å². The zero-order chi connectivity index (χ0) is 13.4. The van der Waals surface area contributed by atoms with Gasteiger partial charge < -0.3 is 10.5 Å². The number of anilines is 1. The van der Waals surface area contributed by atoms with Gasteiger partial charge in [0.05, 0.1) is 28.9 Å². The molecule has 2 aromatic rings. The summed E-state index contributed by atoms with van der Waals surface area (Å²) in [6.45, 7) is 0. The molecule has 0 fully saturated rings. The number of aryl methyl sites for hydroxylation is 1. The van der Waals surface area contributed by atoms with Crippen LogP contribution in [0.5, 0.6) is 5.75 Å². The lowest BCUT2D eigenvalue weighted by molar-refractivity contribution is 0.384. The number of nitrogens with two attached hydrogens (primary N) is 1. The average Bonchev–Trinajstić information content (AvgIpc) is 2.65. The monoisotopic (exact) mass is 317 g/mol. The first kappa shape index (κ1) is 12.8. The normalized spacial score (nSPS) is 10.7. The van der Waals surface area contributed by atoms with Crippen LogP contribution in [-0.4, -0.2) is 16.9 Å². The Morgan fingerprint density at radius 3 is 2.61 bits per heavy atom. The summed E-state index contributed by atoms with van der Waals surface area (Å²) in [5, 5.41) is 3.90. The van der Waals surface area contributed by atoms with Crippen molar-refractivity contribution < 1.29 is 13.5 Å². The number of aromatic nitrogens is 2. The van der Waals surface area contributed by atoms with Gasteiger partial charge in [0.15, 0.2) is 11.6 Å². The van der Waals surface area contributed by atoms with E-state index >= 15 is 0 Å². The van der Waals surface area contributed by atoms with Gasteiger partial charge in [-0.25, -0.2) is 8.78 Å². The van der Waals surface area contributed by atoms with Gasteiger partial charge in [-0.2, -0.15) is 5.10 Å². The summed E-state index contributed by atoms with van der Waals surface area (Å²) >= 11 is 2.95. The molecule has 0 saturated heterocycles. The van der Waals surface area contributed by atoms with E-state index in [9.17, 15) is 8.78 Å². The van der Waals surface area contributed by atoms with Gasteiger partial charge in [-0.15, -0.1) is 0 Å². The smallest absolute Gasteiger partial charge is 0.167 e. The summed E-state index contributed by atoms with van der Waals surface area (Å²) in [4.78, 5) is 0. The maximum Gasteiger partial charge on any atom is 0.167 e. The molecule has 18 heavy (non-hydrogen) atoms. The lowest BCUT2D eigenvalue weighted by Gasteiger charge is -2.11. The van der Waals surface area contributed by atoms with Gasteiger partial charge in [-0.1, -0.05) is 0 Å². The highest BCUT2D eigenvalue weighted by Gasteiger charge is 2.23. The Bertz CT molecular complexity index is 613. The van der Waals surface area contributed by atoms with Crippen LogP contribution in [0.15, 0.2) is 16.7 Å². The lowest BCUT2D eigenvalue weighted by Crippen LogP contribution is -2.01. The molecule has 0 aliphatic rings. The van der Waals surface area contributed by atoms with E-state index in [0.717, 1.165) is 6.07 Å². The lowest BCUT2D eigenvalue weighted by atomic mass is 10.1. The van der Waals surface area contributed by atoms with E-state index in [0.29, 0.717) is 0 Å². The maximum absolute atomic E-state index is 14.1. The van der Waals surface area contributed by atoms with Crippen LogP contribution < -0.4 is 10.5 Å². The number of nitrogens with zero attached hydrogens (tertiary/aromatic N) is 2. The Morgan fingerprint density at radius 2 is 2.11 bits per heavy atom. The molecular formula is C11H10BrF2N3O. The molecule has 1 aromatic heterocycles. The van der Waals surface area contributed by atoms with E-state index in [-0.39, 0.29) is 27.2 Å². The minimum atomic E-state index is -0.677. The summed E-state index contributed by atoms with van der Waals surface area (Å²) in [6, 6.07) is 1.00. The number of hydrogen-bond acceptors (Lipinski definition) is 3. The van der Waals surface area contributed by atoms with E-state index in [1.54, 1.807) is 7.05 Å². The second-order valence-electron chi connectivity index (χ2n) is 3.63. The molecule has 0 bridgehead atoms. The quantitative estimate of drug-likeness (QED) is 0.866. The van der Waals surface area contributed by atoms with Crippen molar-refractivity contribution in [3.8, 4) is 16.9 Å². The zero-order valence-corrected chi connectivity index (χ0v) is 11.3. The number of halogens is 3. The van der Waals surface area contributed by atoms with Crippen molar-refractivity contribution in [1.29, 1.82) is 0 Å². The van der Waals surface area contributed by atoms with Crippen molar-refractivity contribution in [1.82, 2.24) is 9.78 Å². The fourth-order valence-electron chi connectivity index (χ4n) is 1.66. The summed E-state index contributed by atoms with van der Waals surface area (Å²) in [6.07, 6.45) is 1.36. The molecule has 96 valence electrons. The molecule has 7 heteroatoms. The molecule has 2 N–H and O–H groups in total. The van der Waals surface area contributed by atoms with E-state index < -0.39 is 11.6 Å². The van der Waals surface area contributed by atoms with E-state index in [2.05, 4.69) is 21.0 Å². The minimum Gasteiger partial charge on any atom is -0.493 e. The molecule has 0 amide bonds. The first-order valence-corrected chi connectivity index (χ1v) is 5.76. The number of ether oxygens (including phenoxy) is 1. The first-order valence-electron chi connectivity index (χ1n) is 4.96. The van der Waals surface area contributed by atoms with Gasteiger partial charge in [0, 0.05) is 7.05 Å². The summed E-state index contributed by atoms with van der Waals surface area (Å²) < 4.78 is 34.1. The third kappa shape index (κ3) is 1.84. The van der Waals surface area contributed by atoms with Crippen molar-refractivity contribution in [2.75, 3.05) is 12.8 Å². The molecule has 0 saturated carbocycles. The predicted molar refractivity (Wildman–Crippen MR) is 67.2 cm³/mol. The standard InChI is InChI=1S/C11H10BrF2N3O/c1-17-11(15)5(4-16-17)8-9(14)6(12)3-7(13)10(8)18-2/h3-4H,15H2,1-2H3. The van der Waals surface area contributed by atoms with Crippen LogP contribution in [0.2, 0.25) is 0 Å². The Labute approximate surface area is 110 Å². The molecule has 0 aliphatic carbocycles. The molecular weight excluding hydrogens is 308 g/mol. The van der Waals surface area contributed by atoms with Crippen molar-refractivity contribution in [2.45, 2.75) is 0 Å². The van der Waals surface area contributed by atoms with E-state index in [1.807, 2.05) is 0 Å². The molecule has 0 atom stereocenters. The van der Waals surface area contributed by atoms with Crippen LogP contribution >= 0.6 is 15.9 Å². The number of benzene rings is 1. The number of rotatable bonds is 2. The fourth-order valence-corrected chi connectivity index (χ4v) is 2.06. The second kappa shape index (κ2) is 4.56. The van der Waals surface area contributed by atoms with Gasteiger partial charge in [-0.05, 0) is 22.0 Å². The highest BCUT2D eigenvalue weighted by atomic mass is 79.9. The maximum atomic E-state index is 14.1. The van der Waals surface area contributed by atoms with Crippen molar-refractivity contribution in [3.63, 3.8) is 0 Å². The molecule has 4 nitrogen and oxygen atoms in total. The molecule has 0 spiro atoms. The Morgan fingerprint density at radius 1 is 1.44 bits per heavy atom. The summed E-state index contributed by atoms with van der Waals surface area (Å²) in [5.74, 6) is -1.29. The Kier molecular flexibility index (Phi) is 3.25. The first-order chi connectivity index (χ1) is 8.47. The van der Waals surface area contributed by atoms with Crippen LogP contribution in [-0.2, 0) is 7.05 Å². The second-order valence-corrected chi connectivity index (χ2v) is 4.48. The van der Waals surface area contributed by atoms with Crippen molar-refractivity contribution >= 4 is 21.7 Å². The van der Waals surface area contributed by atoms with Gasteiger partial charge >= 0.3 is 0 Å². The van der Waals surface area contributed by atoms with Crippen molar-refractivity contribution in [3.05, 3.63) is 28.4 Å². The third-order valence-corrected chi connectivity index (χ3v) is 3.16. The van der Waals surface area contributed by atoms with Crippen molar-refractivity contribution in [2.24, 2.45) is 7.05 Å². The summed E-state index contributed by atoms with van der Waals surface area (Å²) in [5.41, 5.74) is 6.01. The molecule has 2 rings (SSSR count). The van der Waals surface area contributed by atoms with Crippen LogP contribution in [0.1, 0.15) is 0 Å². The average molecular weight is 318 g/mol. The largest absolute Gasteiger partial charge is 0.493 e. The molecule has 0 aliphatic heterocycles. The number of methoxy groups -OCH3 is 1. The highest BCUT2D eigenvalue weighted by Crippen LogP contribution is 2.40. The van der Waals surface area contributed by atoms with Gasteiger partial charge in [-0.3, -0.25) is 4.68 Å². The molecule has 1 heterocycles.